The van der Waals surface area contributed by atoms with Crippen LogP contribution in [0.15, 0.2) is 12.3 Å². The summed E-state index contributed by atoms with van der Waals surface area (Å²) in [5.74, 6) is 4.07. The summed E-state index contributed by atoms with van der Waals surface area (Å²) < 4.78 is 1.13. The molecule has 6 heteroatoms. The predicted molar refractivity (Wildman–Crippen MR) is 49.3 cm³/mol. The highest BCUT2D eigenvalue weighted by Crippen LogP contribution is 2.00. The third-order valence-corrected chi connectivity index (χ3v) is 1.67. The lowest BCUT2D eigenvalue weighted by molar-refractivity contribution is 0.0837. The Balaban J connectivity index is 2.88. The van der Waals surface area contributed by atoms with Crippen molar-refractivity contribution in [2.75, 3.05) is 0 Å². The van der Waals surface area contributed by atoms with Crippen LogP contribution in [-0.2, 0) is 0 Å². The van der Waals surface area contributed by atoms with Gasteiger partial charge in [0.1, 0.15) is 0 Å². The number of hydrazine groups is 1. The molecule has 0 aliphatic carbocycles. The number of nitrogens with two attached hydrogens (primary N) is 1. The van der Waals surface area contributed by atoms with E-state index in [0.29, 0.717) is 0 Å². The van der Waals surface area contributed by atoms with Gasteiger partial charge in [-0.05, 0) is 6.07 Å². The van der Waals surface area contributed by atoms with Crippen LogP contribution < -0.4 is 11.3 Å². The minimum absolute atomic E-state index is 0.126. The van der Waals surface area contributed by atoms with Crippen LogP contribution in [0.2, 0.25) is 0 Å². The molecular formula is C8H12N4O2. The van der Waals surface area contributed by atoms with E-state index in [1.165, 1.54) is 12.3 Å². The molecule has 1 aromatic heterocycles. The van der Waals surface area contributed by atoms with Gasteiger partial charge in [-0.3, -0.25) is 15.0 Å². The molecule has 0 aliphatic rings. The summed E-state index contributed by atoms with van der Waals surface area (Å²) in [5.41, 5.74) is 2.06. The van der Waals surface area contributed by atoms with E-state index in [1.54, 1.807) is 13.8 Å². The molecule has 0 saturated heterocycles. The lowest BCUT2D eigenvalue weighted by atomic mass is 10.2. The zero-order chi connectivity index (χ0) is 10.7. The van der Waals surface area contributed by atoms with Gasteiger partial charge in [-0.1, -0.05) is 13.8 Å². The van der Waals surface area contributed by atoms with Crippen LogP contribution in [0.1, 0.15) is 29.1 Å². The van der Waals surface area contributed by atoms with Crippen LogP contribution in [0.25, 0.3) is 0 Å². The van der Waals surface area contributed by atoms with Gasteiger partial charge in [-0.15, -0.1) is 0 Å². The van der Waals surface area contributed by atoms with E-state index in [-0.39, 0.29) is 17.5 Å². The normalized spacial score (nSPS) is 10.3. The van der Waals surface area contributed by atoms with E-state index >= 15 is 0 Å². The average molecular weight is 196 g/mol. The van der Waals surface area contributed by atoms with Crippen molar-refractivity contribution in [2.45, 2.75) is 13.8 Å². The summed E-state index contributed by atoms with van der Waals surface area (Å²) in [4.78, 5) is 22.4. The number of rotatable bonds is 2. The van der Waals surface area contributed by atoms with E-state index in [2.05, 4.69) is 5.10 Å². The predicted octanol–water partition coefficient (Wildman–Crippen LogP) is -0.217. The van der Waals surface area contributed by atoms with E-state index in [1.807, 2.05) is 5.43 Å². The van der Waals surface area contributed by atoms with Crippen molar-refractivity contribution >= 4 is 11.8 Å². The van der Waals surface area contributed by atoms with Crippen LogP contribution in [0, 0.1) is 5.92 Å². The summed E-state index contributed by atoms with van der Waals surface area (Å²) in [6.07, 6.45) is 1.44. The summed E-state index contributed by atoms with van der Waals surface area (Å²) in [5, 5.41) is 3.78. The molecule has 0 fully saturated rings. The fourth-order valence-corrected chi connectivity index (χ4v) is 0.906. The van der Waals surface area contributed by atoms with Crippen molar-refractivity contribution in [3.8, 4) is 0 Å². The van der Waals surface area contributed by atoms with Gasteiger partial charge in [0.25, 0.3) is 5.91 Å². The molecule has 1 rings (SSSR count). The van der Waals surface area contributed by atoms with Crippen LogP contribution in [0.3, 0.4) is 0 Å². The van der Waals surface area contributed by atoms with Crippen LogP contribution in [0.4, 0.5) is 0 Å². The average Bonchev–Trinajstić information content (AvgIpc) is 2.64. The Morgan fingerprint density at radius 1 is 1.57 bits per heavy atom. The van der Waals surface area contributed by atoms with Crippen LogP contribution in [-0.4, -0.2) is 21.6 Å². The van der Waals surface area contributed by atoms with E-state index in [4.69, 9.17) is 5.84 Å². The standard InChI is InChI=1S/C8H12N4O2/c1-5(2)8(14)12-4-3-6(11-12)7(13)10-9/h3-5H,9H2,1-2H3,(H,10,13). The number of amides is 1. The molecule has 1 heterocycles. The Morgan fingerprint density at radius 2 is 2.21 bits per heavy atom. The van der Waals surface area contributed by atoms with Crippen molar-refractivity contribution in [3.63, 3.8) is 0 Å². The molecule has 1 amide bonds. The fourth-order valence-electron chi connectivity index (χ4n) is 0.906. The molecular weight excluding hydrogens is 184 g/mol. The molecule has 14 heavy (non-hydrogen) atoms. The minimum Gasteiger partial charge on any atom is -0.289 e. The highest BCUT2D eigenvalue weighted by atomic mass is 16.2. The number of aromatic nitrogens is 2. The number of carbonyl (C=O) groups excluding carboxylic acids is 2. The maximum atomic E-state index is 11.4. The Kier molecular flexibility index (Phi) is 2.98. The van der Waals surface area contributed by atoms with E-state index < -0.39 is 5.91 Å². The number of hydrogen-bond acceptors (Lipinski definition) is 4. The Labute approximate surface area is 81.0 Å². The maximum absolute atomic E-state index is 11.4. The third kappa shape index (κ3) is 1.97. The number of nitrogen functional groups attached to an aromatic ring is 1. The summed E-state index contributed by atoms with van der Waals surface area (Å²) >= 11 is 0. The van der Waals surface area contributed by atoms with Gasteiger partial charge in [-0.25, -0.2) is 10.5 Å². The van der Waals surface area contributed by atoms with E-state index in [0.717, 1.165) is 4.68 Å². The summed E-state index contributed by atoms with van der Waals surface area (Å²) in [6.45, 7) is 3.51. The van der Waals surface area contributed by atoms with Crippen molar-refractivity contribution < 1.29 is 9.59 Å². The molecule has 0 unspecified atom stereocenters. The number of hydrogen-bond donors (Lipinski definition) is 2. The first-order valence-electron chi connectivity index (χ1n) is 4.17. The van der Waals surface area contributed by atoms with E-state index in [9.17, 15) is 9.59 Å². The Bertz CT molecular complexity index is 356. The molecule has 0 aliphatic heterocycles. The quantitative estimate of drug-likeness (QED) is 0.389. The monoisotopic (exact) mass is 196 g/mol. The highest BCUT2D eigenvalue weighted by molar-refractivity contribution is 5.92. The van der Waals surface area contributed by atoms with Crippen molar-refractivity contribution in [1.82, 2.24) is 15.2 Å². The molecule has 6 nitrogen and oxygen atoms in total. The van der Waals surface area contributed by atoms with Gasteiger partial charge in [0, 0.05) is 12.1 Å². The molecule has 0 atom stereocenters. The molecule has 0 saturated carbocycles. The van der Waals surface area contributed by atoms with Crippen molar-refractivity contribution in [2.24, 2.45) is 11.8 Å². The molecule has 0 spiro atoms. The molecule has 1 aromatic rings. The summed E-state index contributed by atoms with van der Waals surface area (Å²) in [6, 6.07) is 1.43. The zero-order valence-electron chi connectivity index (χ0n) is 8.02. The lowest BCUT2D eigenvalue weighted by Gasteiger charge is -2.02. The Hall–Kier alpha value is -1.69. The van der Waals surface area contributed by atoms with Gasteiger partial charge in [0.05, 0.1) is 0 Å². The molecule has 76 valence electrons. The first kappa shape index (κ1) is 10.4. The summed E-state index contributed by atoms with van der Waals surface area (Å²) in [7, 11) is 0. The third-order valence-electron chi connectivity index (χ3n) is 1.67. The SMILES string of the molecule is CC(C)C(=O)n1ccc(C(=O)NN)n1. The topological polar surface area (TPSA) is 90.0 Å². The lowest BCUT2D eigenvalue weighted by Crippen LogP contribution is -2.30. The van der Waals surface area contributed by atoms with Crippen LogP contribution >= 0.6 is 0 Å². The van der Waals surface area contributed by atoms with Gasteiger partial charge in [0.2, 0.25) is 5.91 Å². The largest absolute Gasteiger partial charge is 0.289 e. The Morgan fingerprint density at radius 3 is 2.71 bits per heavy atom. The molecule has 0 aromatic carbocycles. The second kappa shape index (κ2) is 4.01. The number of nitrogens with one attached hydrogen (secondary N) is 1. The number of carbonyl (C=O) groups is 2. The second-order valence-electron chi connectivity index (χ2n) is 3.11. The van der Waals surface area contributed by atoms with Gasteiger partial charge < -0.3 is 0 Å². The van der Waals surface area contributed by atoms with Gasteiger partial charge in [0.15, 0.2) is 5.69 Å². The van der Waals surface area contributed by atoms with Gasteiger partial charge >= 0.3 is 0 Å². The molecule has 3 N–H and O–H groups in total. The molecule has 0 bridgehead atoms. The second-order valence-corrected chi connectivity index (χ2v) is 3.11. The van der Waals surface area contributed by atoms with Crippen molar-refractivity contribution in [1.29, 1.82) is 0 Å². The van der Waals surface area contributed by atoms with Crippen LogP contribution in [0.5, 0.6) is 0 Å². The smallest absolute Gasteiger partial charge is 0.285 e. The molecule has 0 radical (unpaired) electrons. The highest BCUT2D eigenvalue weighted by Gasteiger charge is 2.13. The van der Waals surface area contributed by atoms with Gasteiger partial charge in [-0.2, -0.15) is 5.10 Å². The minimum atomic E-state index is -0.514. The number of nitrogens with zero attached hydrogens (tertiary/aromatic N) is 2. The first-order chi connectivity index (χ1) is 6.56. The van der Waals surface area contributed by atoms with Crippen molar-refractivity contribution in [3.05, 3.63) is 18.0 Å². The maximum Gasteiger partial charge on any atom is 0.285 e. The fraction of sp³-hybridized carbons (Fsp3) is 0.375. The first-order valence-corrected chi connectivity index (χ1v) is 4.17. The zero-order valence-corrected chi connectivity index (χ0v) is 8.02.